The molecule has 0 saturated heterocycles. The molecule has 0 fully saturated rings. The molecule has 19 heavy (non-hydrogen) atoms. The summed E-state index contributed by atoms with van der Waals surface area (Å²) in [7, 11) is 0. The van der Waals surface area contributed by atoms with Crippen molar-refractivity contribution in [3.63, 3.8) is 0 Å². The summed E-state index contributed by atoms with van der Waals surface area (Å²) in [4.78, 5) is 12.2. The van der Waals surface area contributed by atoms with E-state index in [0.29, 0.717) is 15.8 Å². The SMILES string of the molecule is Cc1c(O)ccc2c(-c3cccs3)c(F)c(=O)oc12. The molecule has 1 N–H and O–H groups in total. The van der Waals surface area contributed by atoms with E-state index in [9.17, 15) is 14.3 Å². The first-order valence-corrected chi connectivity index (χ1v) is 6.46. The Labute approximate surface area is 111 Å². The highest BCUT2D eigenvalue weighted by Crippen LogP contribution is 2.35. The Kier molecular flexibility index (Phi) is 2.64. The van der Waals surface area contributed by atoms with Crippen molar-refractivity contribution in [1.29, 1.82) is 0 Å². The number of hydrogen-bond donors (Lipinski definition) is 1. The van der Waals surface area contributed by atoms with Crippen molar-refractivity contribution in [3.05, 3.63) is 51.4 Å². The Morgan fingerprint density at radius 2 is 2.11 bits per heavy atom. The molecule has 3 aromatic rings. The molecule has 0 spiro atoms. The van der Waals surface area contributed by atoms with Gasteiger partial charge in [0, 0.05) is 21.4 Å². The van der Waals surface area contributed by atoms with Crippen LogP contribution in [0.1, 0.15) is 5.56 Å². The van der Waals surface area contributed by atoms with Gasteiger partial charge in [-0.25, -0.2) is 4.79 Å². The second kappa shape index (κ2) is 4.20. The van der Waals surface area contributed by atoms with Crippen LogP contribution >= 0.6 is 11.3 Å². The molecule has 0 saturated carbocycles. The second-order valence-corrected chi connectivity index (χ2v) is 5.09. The van der Waals surface area contributed by atoms with Crippen LogP contribution < -0.4 is 5.63 Å². The highest BCUT2D eigenvalue weighted by molar-refractivity contribution is 7.13. The van der Waals surface area contributed by atoms with Crippen molar-refractivity contribution in [2.75, 3.05) is 0 Å². The van der Waals surface area contributed by atoms with Crippen LogP contribution in [0.25, 0.3) is 21.4 Å². The molecule has 0 aliphatic carbocycles. The molecule has 0 aliphatic heterocycles. The summed E-state index contributed by atoms with van der Waals surface area (Å²) in [6.45, 7) is 1.62. The minimum absolute atomic E-state index is 0.0133. The van der Waals surface area contributed by atoms with E-state index < -0.39 is 11.4 Å². The first kappa shape index (κ1) is 11.9. The van der Waals surface area contributed by atoms with Crippen LogP contribution in [0.5, 0.6) is 5.75 Å². The maximum absolute atomic E-state index is 14.1. The van der Waals surface area contributed by atoms with E-state index in [1.807, 2.05) is 5.38 Å². The maximum atomic E-state index is 14.1. The number of halogens is 1. The lowest BCUT2D eigenvalue weighted by Gasteiger charge is -2.07. The molecule has 5 heteroatoms. The normalized spacial score (nSPS) is 11.1. The van der Waals surface area contributed by atoms with Crippen molar-refractivity contribution >= 4 is 22.3 Å². The Morgan fingerprint density at radius 1 is 1.32 bits per heavy atom. The lowest BCUT2D eigenvalue weighted by molar-refractivity contribution is 0.462. The lowest BCUT2D eigenvalue weighted by atomic mass is 10.0. The molecule has 2 heterocycles. The van der Waals surface area contributed by atoms with Gasteiger partial charge in [0.15, 0.2) is 0 Å². The second-order valence-electron chi connectivity index (χ2n) is 4.14. The first-order valence-electron chi connectivity index (χ1n) is 5.58. The molecule has 0 aliphatic rings. The van der Waals surface area contributed by atoms with Crippen molar-refractivity contribution in [2.45, 2.75) is 6.92 Å². The van der Waals surface area contributed by atoms with Crippen LogP contribution in [0, 0.1) is 12.7 Å². The van der Waals surface area contributed by atoms with E-state index >= 15 is 0 Å². The molecular weight excluding hydrogens is 267 g/mol. The Morgan fingerprint density at radius 3 is 2.79 bits per heavy atom. The van der Waals surface area contributed by atoms with Gasteiger partial charge in [-0.05, 0) is 30.5 Å². The fourth-order valence-corrected chi connectivity index (χ4v) is 2.81. The number of phenols is 1. The minimum atomic E-state index is -1.02. The third-order valence-corrected chi connectivity index (χ3v) is 3.90. The van der Waals surface area contributed by atoms with Crippen molar-refractivity contribution < 1.29 is 13.9 Å². The van der Waals surface area contributed by atoms with Crippen LogP contribution in [0.4, 0.5) is 4.39 Å². The van der Waals surface area contributed by atoms with Crippen LogP contribution in [0.3, 0.4) is 0 Å². The van der Waals surface area contributed by atoms with E-state index in [0.717, 1.165) is 0 Å². The quantitative estimate of drug-likeness (QED) is 0.690. The van der Waals surface area contributed by atoms with E-state index in [-0.39, 0.29) is 16.9 Å². The molecule has 0 amide bonds. The summed E-state index contributed by atoms with van der Waals surface area (Å²) in [5, 5.41) is 11.9. The molecule has 0 unspecified atom stereocenters. The zero-order chi connectivity index (χ0) is 13.6. The highest BCUT2D eigenvalue weighted by atomic mass is 32.1. The molecule has 0 bridgehead atoms. The molecule has 1 aromatic carbocycles. The highest BCUT2D eigenvalue weighted by Gasteiger charge is 2.18. The summed E-state index contributed by atoms with van der Waals surface area (Å²) in [5.41, 5.74) is -0.156. The Hall–Kier alpha value is -2.14. The largest absolute Gasteiger partial charge is 0.508 e. The van der Waals surface area contributed by atoms with Gasteiger partial charge in [-0.15, -0.1) is 11.3 Å². The van der Waals surface area contributed by atoms with Gasteiger partial charge < -0.3 is 9.52 Å². The van der Waals surface area contributed by atoms with Gasteiger partial charge in [-0.3, -0.25) is 0 Å². The number of thiophene rings is 1. The fraction of sp³-hybridized carbons (Fsp3) is 0.0714. The average molecular weight is 276 g/mol. The van der Waals surface area contributed by atoms with E-state index in [4.69, 9.17) is 4.42 Å². The molecule has 0 atom stereocenters. The predicted octanol–water partition coefficient (Wildman–Crippen LogP) is 3.67. The maximum Gasteiger partial charge on any atom is 0.373 e. The summed E-state index contributed by atoms with van der Waals surface area (Å²) >= 11 is 1.34. The number of rotatable bonds is 1. The topological polar surface area (TPSA) is 50.4 Å². The van der Waals surface area contributed by atoms with E-state index in [1.165, 1.54) is 17.4 Å². The summed E-state index contributed by atoms with van der Waals surface area (Å²) in [6, 6.07) is 6.55. The lowest BCUT2D eigenvalue weighted by Crippen LogP contribution is -2.07. The zero-order valence-electron chi connectivity index (χ0n) is 9.94. The first-order chi connectivity index (χ1) is 9.09. The van der Waals surface area contributed by atoms with Crippen LogP contribution in [-0.2, 0) is 0 Å². The summed E-state index contributed by atoms with van der Waals surface area (Å²) in [6.07, 6.45) is 0. The monoisotopic (exact) mass is 276 g/mol. The number of aryl methyl sites for hydroxylation is 1. The number of benzene rings is 1. The summed E-state index contributed by atoms with van der Waals surface area (Å²) in [5.74, 6) is -0.889. The van der Waals surface area contributed by atoms with Gasteiger partial charge in [0.25, 0.3) is 0 Å². The number of phenolic OH excluding ortho intramolecular Hbond substituents is 1. The van der Waals surface area contributed by atoms with Crippen LogP contribution in [0.15, 0.2) is 38.9 Å². The minimum Gasteiger partial charge on any atom is -0.508 e. The smallest absolute Gasteiger partial charge is 0.373 e. The van der Waals surface area contributed by atoms with Crippen LogP contribution in [0.2, 0.25) is 0 Å². The van der Waals surface area contributed by atoms with Gasteiger partial charge >= 0.3 is 5.63 Å². The zero-order valence-corrected chi connectivity index (χ0v) is 10.8. The molecule has 3 nitrogen and oxygen atoms in total. The van der Waals surface area contributed by atoms with Crippen LogP contribution in [-0.4, -0.2) is 5.11 Å². The Bertz CT molecular complexity index is 819. The fourth-order valence-electron chi connectivity index (χ4n) is 2.03. The molecule has 0 radical (unpaired) electrons. The van der Waals surface area contributed by atoms with Crippen molar-refractivity contribution in [2.24, 2.45) is 0 Å². The average Bonchev–Trinajstić information content (AvgIpc) is 2.90. The van der Waals surface area contributed by atoms with Crippen molar-refractivity contribution in [1.82, 2.24) is 0 Å². The molecule has 3 rings (SSSR count). The van der Waals surface area contributed by atoms with Gasteiger partial charge in [0.1, 0.15) is 11.3 Å². The standard InChI is InChI=1S/C14H9FO3S/c1-7-9(16)5-4-8-11(10-3-2-6-19-10)12(15)14(17)18-13(7)8/h2-6,16H,1H3. The van der Waals surface area contributed by atoms with Gasteiger partial charge in [-0.1, -0.05) is 6.07 Å². The third kappa shape index (κ3) is 1.74. The van der Waals surface area contributed by atoms with Gasteiger partial charge in [0.05, 0.1) is 0 Å². The van der Waals surface area contributed by atoms with Gasteiger partial charge in [-0.2, -0.15) is 4.39 Å². The Balaban J connectivity index is 2.53. The molecule has 2 aromatic heterocycles. The molecule has 96 valence electrons. The van der Waals surface area contributed by atoms with Gasteiger partial charge in [0.2, 0.25) is 5.82 Å². The third-order valence-electron chi connectivity index (χ3n) is 3.01. The number of aromatic hydroxyl groups is 1. The number of fused-ring (bicyclic) bond motifs is 1. The van der Waals surface area contributed by atoms with Crippen molar-refractivity contribution in [3.8, 4) is 16.2 Å². The summed E-state index contributed by atoms with van der Waals surface area (Å²) < 4.78 is 19.0. The van der Waals surface area contributed by atoms with E-state index in [2.05, 4.69) is 0 Å². The molecular formula is C14H9FO3S. The van der Waals surface area contributed by atoms with E-state index in [1.54, 1.807) is 25.1 Å². The predicted molar refractivity (Wildman–Crippen MR) is 72.2 cm³/mol. The number of hydrogen-bond acceptors (Lipinski definition) is 4.